The van der Waals surface area contributed by atoms with Crippen LogP contribution in [0.4, 0.5) is 0 Å². The van der Waals surface area contributed by atoms with Crippen molar-refractivity contribution in [3.63, 3.8) is 0 Å². The molecular weight excluding hydrogens is 208 g/mol. The van der Waals surface area contributed by atoms with E-state index in [4.69, 9.17) is 0 Å². The van der Waals surface area contributed by atoms with Crippen LogP contribution in [0, 0.1) is 5.41 Å². The largest absolute Gasteiger partial charge is 0.316 e. The van der Waals surface area contributed by atoms with Gasteiger partial charge in [-0.1, -0.05) is 39.5 Å². The summed E-state index contributed by atoms with van der Waals surface area (Å²) in [5.41, 5.74) is 0.580. The first kappa shape index (κ1) is 15.0. The van der Waals surface area contributed by atoms with E-state index in [1.54, 1.807) is 0 Å². The Morgan fingerprint density at radius 1 is 1.12 bits per heavy atom. The second-order valence-electron chi connectivity index (χ2n) is 5.93. The van der Waals surface area contributed by atoms with E-state index in [-0.39, 0.29) is 0 Å². The summed E-state index contributed by atoms with van der Waals surface area (Å²) < 4.78 is 0. The van der Waals surface area contributed by atoms with Crippen molar-refractivity contribution in [3.8, 4) is 0 Å². The molecule has 0 unspecified atom stereocenters. The Hall–Kier alpha value is -0.0800. The van der Waals surface area contributed by atoms with Gasteiger partial charge in [0.2, 0.25) is 0 Å². The normalized spacial score (nSPS) is 19.1. The summed E-state index contributed by atoms with van der Waals surface area (Å²) in [6, 6.07) is 0. The molecule has 0 heterocycles. The molecule has 1 fully saturated rings. The molecule has 0 spiro atoms. The Bertz CT molecular complexity index is 185. The molecule has 1 rings (SSSR count). The Morgan fingerprint density at radius 3 is 2.41 bits per heavy atom. The molecule has 0 saturated heterocycles. The standard InChI is InChI=1S/C15H32N2/c1-4-6-9-12-17(3)14-15(13-16-5-2)10-7-8-11-15/h16H,4-14H2,1-3H3. The molecule has 1 N–H and O–H groups in total. The SMILES string of the molecule is CCCCCN(C)CC1(CNCC)CCCC1. The van der Waals surface area contributed by atoms with Gasteiger partial charge in [0.1, 0.15) is 0 Å². The van der Waals surface area contributed by atoms with Crippen molar-refractivity contribution in [2.24, 2.45) is 5.41 Å². The van der Waals surface area contributed by atoms with Gasteiger partial charge in [-0.3, -0.25) is 0 Å². The molecule has 1 aliphatic carbocycles. The first-order valence-electron chi connectivity index (χ1n) is 7.62. The molecule has 0 aliphatic heterocycles. The molecule has 0 aromatic heterocycles. The van der Waals surface area contributed by atoms with E-state index in [1.807, 2.05) is 0 Å². The minimum Gasteiger partial charge on any atom is -0.316 e. The third kappa shape index (κ3) is 5.39. The third-order valence-electron chi connectivity index (χ3n) is 4.16. The molecule has 102 valence electrons. The van der Waals surface area contributed by atoms with Gasteiger partial charge in [-0.25, -0.2) is 0 Å². The van der Waals surface area contributed by atoms with Crippen molar-refractivity contribution in [1.29, 1.82) is 0 Å². The van der Waals surface area contributed by atoms with Gasteiger partial charge in [-0.05, 0) is 44.8 Å². The minimum absolute atomic E-state index is 0.580. The zero-order valence-electron chi connectivity index (χ0n) is 12.2. The molecule has 0 amide bonds. The highest BCUT2D eigenvalue weighted by Crippen LogP contribution is 2.38. The summed E-state index contributed by atoms with van der Waals surface area (Å²) in [4.78, 5) is 2.57. The first-order chi connectivity index (χ1) is 8.22. The molecule has 1 saturated carbocycles. The Labute approximate surface area is 108 Å². The second-order valence-corrected chi connectivity index (χ2v) is 5.93. The molecule has 2 heteroatoms. The third-order valence-corrected chi connectivity index (χ3v) is 4.16. The lowest BCUT2D eigenvalue weighted by Crippen LogP contribution is -2.41. The lowest BCUT2D eigenvalue weighted by molar-refractivity contribution is 0.171. The maximum absolute atomic E-state index is 3.58. The van der Waals surface area contributed by atoms with Gasteiger partial charge in [0.05, 0.1) is 0 Å². The van der Waals surface area contributed by atoms with Crippen LogP contribution in [0.25, 0.3) is 0 Å². The van der Waals surface area contributed by atoms with E-state index in [0.29, 0.717) is 5.41 Å². The van der Waals surface area contributed by atoms with Crippen LogP contribution >= 0.6 is 0 Å². The van der Waals surface area contributed by atoms with Crippen molar-refractivity contribution in [3.05, 3.63) is 0 Å². The van der Waals surface area contributed by atoms with E-state index in [1.165, 1.54) is 64.6 Å². The molecule has 0 aromatic rings. The minimum atomic E-state index is 0.580. The lowest BCUT2D eigenvalue weighted by Gasteiger charge is -2.34. The molecule has 2 nitrogen and oxygen atoms in total. The van der Waals surface area contributed by atoms with Crippen LogP contribution in [0.2, 0.25) is 0 Å². The molecule has 0 atom stereocenters. The van der Waals surface area contributed by atoms with Gasteiger partial charge in [0.25, 0.3) is 0 Å². The quantitative estimate of drug-likeness (QED) is 0.622. The molecule has 0 bridgehead atoms. The lowest BCUT2D eigenvalue weighted by atomic mass is 9.85. The van der Waals surface area contributed by atoms with Crippen LogP contribution < -0.4 is 5.32 Å². The predicted octanol–water partition coefficient (Wildman–Crippen LogP) is 3.28. The summed E-state index contributed by atoms with van der Waals surface area (Å²) in [6.07, 6.45) is 9.81. The monoisotopic (exact) mass is 240 g/mol. The van der Waals surface area contributed by atoms with Gasteiger partial charge < -0.3 is 10.2 Å². The van der Waals surface area contributed by atoms with Gasteiger partial charge in [-0.2, -0.15) is 0 Å². The number of hydrogen-bond donors (Lipinski definition) is 1. The van der Waals surface area contributed by atoms with E-state index in [9.17, 15) is 0 Å². The summed E-state index contributed by atoms with van der Waals surface area (Å²) in [7, 11) is 2.31. The fraction of sp³-hybridized carbons (Fsp3) is 1.00. The zero-order chi connectivity index (χ0) is 12.6. The number of unbranched alkanes of at least 4 members (excludes halogenated alkanes) is 2. The van der Waals surface area contributed by atoms with Gasteiger partial charge >= 0.3 is 0 Å². The predicted molar refractivity (Wildman–Crippen MR) is 76.5 cm³/mol. The highest BCUT2D eigenvalue weighted by molar-refractivity contribution is 4.88. The number of hydrogen-bond acceptors (Lipinski definition) is 2. The van der Waals surface area contributed by atoms with E-state index >= 15 is 0 Å². The smallest absolute Gasteiger partial charge is 0.00471 e. The fourth-order valence-corrected chi connectivity index (χ4v) is 3.19. The maximum Gasteiger partial charge on any atom is 0.00471 e. The summed E-state index contributed by atoms with van der Waals surface area (Å²) >= 11 is 0. The van der Waals surface area contributed by atoms with Crippen LogP contribution in [0.5, 0.6) is 0 Å². The fourth-order valence-electron chi connectivity index (χ4n) is 3.19. The van der Waals surface area contributed by atoms with Gasteiger partial charge in [0.15, 0.2) is 0 Å². The van der Waals surface area contributed by atoms with E-state index in [0.717, 1.165) is 6.54 Å². The highest BCUT2D eigenvalue weighted by Gasteiger charge is 2.34. The average Bonchev–Trinajstić information content (AvgIpc) is 2.76. The summed E-state index contributed by atoms with van der Waals surface area (Å²) in [5.74, 6) is 0. The average molecular weight is 240 g/mol. The molecule has 0 radical (unpaired) electrons. The van der Waals surface area contributed by atoms with E-state index in [2.05, 4.69) is 31.1 Å². The number of rotatable bonds is 9. The summed E-state index contributed by atoms with van der Waals surface area (Å²) in [6.45, 7) is 9.41. The van der Waals surface area contributed by atoms with Crippen molar-refractivity contribution in [2.45, 2.75) is 58.8 Å². The summed E-state index contributed by atoms with van der Waals surface area (Å²) in [5, 5.41) is 3.58. The van der Waals surface area contributed by atoms with Crippen molar-refractivity contribution >= 4 is 0 Å². The molecule has 1 aliphatic rings. The van der Waals surface area contributed by atoms with Crippen LogP contribution in [0.15, 0.2) is 0 Å². The number of nitrogens with zero attached hydrogens (tertiary/aromatic N) is 1. The zero-order valence-corrected chi connectivity index (χ0v) is 12.2. The van der Waals surface area contributed by atoms with Gasteiger partial charge in [0, 0.05) is 13.1 Å². The van der Waals surface area contributed by atoms with Crippen molar-refractivity contribution in [1.82, 2.24) is 10.2 Å². The van der Waals surface area contributed by atoms with Crippen molar-refractivity contribution in [2.75, 3.05) is 33.2 Å². The Kier molecular flexibility index (Phi) is 7.14. The molecule has 0 aromatic carbocycles. The van der Waals surface area contributed by atoms with Crippen LogP contribution in [0.1, 0.15) is 58.8 Å². The van der Waals surface area contributed by atoms with Crippen LogP contribution in [-0.4, -0.2) is 38.1 Å². The van der Waals surface area contributed by atoms with Crippen LogP contribution in [-0.2, 0) is 0 Å². The van der Waals surface area contributed by atoms with Crippen molar-refractivity contribution < 1.29 is 0 Å². The highest BCUT2D eigenvalue weighted by atomic mass is 15.1. The molecular formula is C15H32N2. The van der Waals surface area contributed by atoms with Gasteiger partial charge in [-0.15, -0.1) is 0 Å². The Morgan fingerprint density at radius 2 is 1.82 bits per heavy atom. The second kappa shape index (κ2) is 8.10. The maximum atomic E-state index is 3.58. The molecule has 17 heavy (non-hydrogen) atoms. The first-order valence-corrected chi connectivity index (χ1v) is 7.62. The Balaban J connectivity index is 2.32. The topological polar surface area (TPSA) is 15.3 Å². The number of nitrogens with one attached hydrogen (secondary N) is 1. The van der Waals surface area contributed by atoms with Crippen LogP contribution in [0.3, 0.4) is 0 Å². The van der Waals surface area contributed by atoms with E-state index < -0.39 is 0 Å².